The number of nitrogens with zero attached hydrogens (tertiary/aromatic N) is 2. The van der Waals surface area contributed by atoms with E-state index >= 15 is 0 Å². The fourth-order valence-corrected chi connectivity index (χ4v) is 2.58. The number of rotatable bonds is 8. The molecule has 1 aliphatic carbocycles. The molecular formula is C15H29N3O3. The van der Waals surface area contributed by atoms with Gasteiger partial charge >= 0.3 is 0 Å². The summed E-state index contributed by atoms with van der Waals surface area (Å²) in [5.74, 6) is -0.0499. The standard InChI is InChI=1S/C15H29N3O3/c1-17(14(19)11-16-9-10-21-3)12-15(20)18(2)13-7-5-4-6-8-13/h13,16H,4-12H2,1-3H3. The van der Waals surface area contributed by atoms with Gasteiger partial charge in [-0.2, -0.15) is 0 Å². The van der Waals surface area contributed by atoms with Crippen LogP contribution in [0.25, 0.3) is 0 Å². The molecule has 0 aliphatic heterocycles. The van der Waals surface area contributed by atoms with E-state index in [4.69, 9.17) is 4.74 Å². The van der Waals surface area contributed by atoms with Crippen LogP contribution in [0.1, 0.15) is 32.1 Å². The first-order valence-corrected chi connectivity index (χ1v) is 7.75. The molecule has 0 aromatic carbocycles. The summed E-state index contributed by atoms with van der Waals surface area (Å²) < 4.78 is 4.90. The zero-order chi connectivity index (χ0) is 15.7. The van der Waals surface area contributed by atoms with Gasteiger partial charge in [-0.05, 0) is 12.8 Å². The van der Waals surface area contributed by atoms with Gasteiger partial charge in [0.2, 0.25) is 11.8 Å². The molecule has 1 saturated carbocycles. The van der Waals surface area contributed by atoms with Crippen LogP contribution in [-0.2, 0) is 14.3 Å². The van der Waals surface area contributed by atoms with Crippen LogP contribution in [0.2, 0.25) is 0 Å². The number of amides is 2. The molecule has 6 nitrogen and oxygen atoms in total. The van der Waals surface area contributed by atoms with Gasteiger partial charge in [-0.15, -0.1) is 0 Å². The van der Waals surface area contributed by atoms with E-state index in [1.165, 1.54) is 24.2 Å². The Kier molecular flexibility index (Phi) is 8.30. The lowest BCUT2D eigenvalue weighted by Crippen LogP contribution is -2.46. The van der Waals surface area contributed by atoms with Gasteiger partial charge in [0, 0.05) is 33.8 Å². The monoisotopic (exact) mass is 299 g/mol. The van der Waals surface area contributed by atoms with Crippen molar-refractivity contribution in [1.82, 2.24) is 15.1 Å². The summed E-state index contributed by atoms with van der Waals surface area (Å²) in [6, 6.07) is 0.342. The third-order valence-electron chi connectivity index (χ3n) is 4.07. The average molecular weight is 299 g/mol. The maximum atomic E-state index is 12.2. The smallest absolute Gasteiger partial charge is 0.242 e. The molecule has 0 spiro atoms. The van der Waals surface area contributed by atoms with E-state index in [1.54, 1.807) is 14.2 Å². The lowest BCUT2D eigenvalue weighted by atomic mass is 9.94. The van der Waals surface area contributed by atoms with E-state index in [9.17, 15) is 9.59 Å². The molecule has 0 radical (unpaired) electrons. The first kappa shape index (κ1) is 17.9. The molecule has 21 heavy (non-hydrogen) atoms. The molecule has 1 aliphatic rings. The predicted molar refractivity (Wildman–Crippen MR) is 82.0 cm³/mol. The topological polar surface area (TPSA) is 61.9 Å². The minimum Gasteiger partial charge on any atom is -0.383 e. The Morgan fingerprint density at radius 3 is 2.43 bits per heavy atom. The number of carbonyl (C=O) groups is 2. The van der Waals surface area contributed by atoms with Crippen LogP contribution in [-0.4, -0.2) is 75.1 Å². The van der Waals surface area contributed by atoms with E-state index in [2.05, 4.69) is 5.32 Å². The van der Waals surface area contributed by atoms with Crippen LogP contribution >= 0.6 is 0 Å². The van der Waals surface area contributed by atoms with Crippen molar-refractivity contribution in [2.45, 2.75) is 38.1 Å². The van der Waals surface area contributed by atoms with Crippen LogP contribution in [0.3, 0.4) is 0 Å². The molecule has 0 aromatic rings. The second-order valence-electron chi connectivity index (χ2n) is 5.72. The number of ether oxygens (including phenoxy) is 1. The van der Waals surface area contributed by atoms with Crippen LogP contribution < -0.4 is 5.32 Å². The van der Waals surface area contributed by atoms with E-state index in [1.807, 2.05) is 11.9 Å². The second kappa shape index (κ2) is 9.73. The summed E-state index contributed by atoms with van der Waals surface area (Å²) in [7, 11) is 5.15. The van der Waals surface area contributed by atoms with Crippen molar-refractivity contribution in [3.8, 4) is 0 Å². The van der Waals surface area contributed by atoms with Crippen molar-refractivity contribution in [3.63, 3.8) is 0 Å². The minimum atomic E-state index is -0.0727. The molecule has 0 unspecified atom stereocenters. The third kappa shape index (κ3) is 6.44. The zero-order valence-corrected chi connectivity index (χ0v) is 13.6. The Morgan fingerprint density at radius 2 is 1.81 bits per heavy atom. The van der Waals surface area contributed by atoms with Crippen molar-refractivity contribution >= 4 is 11.8 Å². The number of hydrogen-bond acceptors (Lipinski definition) is 4. The van der Waals surface area contributed by atoms with Crippen molar-refractivity contribution in [2.75, 3.05) is 47.4 Å². The molecule has 0 heterocycles. The molecule has 0 atom stereocenters. The van der Waals surface area contributed by atoms with Crippen LogP contribution in [0, 0.1) is 0 Å². The molecule has 2 amide bonds. The van der Waals surface area contributed by atoms with Gasteiger partial charge in [-0.1, -0.05) is 19.3 Å². The molecule has 1 fully saturated rings. The minimum absolute atomic E-state index is 0.0228. The van der Waals surface area contributed by atoms with Gasteiger partial charge < -0.3 is 19.9 Å². The van der Waals surface area contributed by atoms with Crippen molar-refractivity contribution in [1.29, 1.82) is 0 Å². The third-order valence-corrected chi connectivity index (χ3v) is 4.07. The molecular weight excluding hydrogens is 270 g/mol. The SMILES string of the molecule is COCCNCC(=O)N(C)CC(=O)N(C)C1CCCCC1. The molecule has 6 heteroatoms. The number of nitrogens with one attached hydrogen (secondary N) is 1. The van der Waals surface area contributed by atoms with Gasteiger partial charge in [0.15, 0.2) is 0 Å². The van der Waals surface area contributed by atoms with E-state index in [0.29, 0.717) is 19.2 Å². The number of likely N-dealkylation sites (N-methyl/N-ethyl adjacent to an activating group) is 2. The molecule has 122 valence electrons. The maximum absolute atomic E-state index is 12.2. The second-order valence-corrected chi connectivity index (χ2v) is 5.72. The van der Waals surface area contributed by atoms with Crippen LogP contribution in [0.15, 0.2) is 0 Å². The summed E-state index contributed by atoms with van der Waals surface area (Å²) in [4.78, 5) is 27.4. The van der Waals surface area contributed by atoms with Crippen LogP contribution in [0.5, 0.6) is 0 Å². The highest BCUT2D eigenvalue weighted by atomic mass is 16.5. The Hall–Kier alpha value is -1.14. The summed E-state index contributed by atoms with van der Waals surface area (Å²) in [5.41, 5.74) is 0. The summed E-state index contributed by atoms with van der Waals surface area (Å²) in [6.45, 7) is 1.59. The lowest BCUT2D eigenvalue weighted by molar-refractivity contribution is -0.139. The first-order valence-electron chi connectivity index (χ1n) is 7.75. The van der Waals surface area contributed by atoms with E-state index < -0.39 is 0 Å². The quantitative estimate of drug-likeness (QED) is 0.662. The zero-order valence-electron chi connectivity index (χ0n) is 13.6. The van der Waals surface area contributed by atoms with Crippen molar-refractivity contribution < 1.29 is 14.3 Å². The molecule has 1 N–H and O–H groups in total. The first-order chi connectivity index (χ1) is 10.1. The molecule has 0 bridgehead atoms. The molecule has 1 rings (SSSR count). The normalized spacial score (nSPS) is 15.8. The van der Waals surface area contributed by atoms with Crippen molar-refractivity contribution in [3.05, 3.63) is 0 Å². The van der Waals surface area contributed by atoms with Gasteiger partial charge in [-0.25, -0.2) is 0 Å². The number of methoxy groups -OCH3 is 1. The highest BCUT2D eigenvalue weighted by Gasteiger charge is 2.23. The lowest BCUT2D eigenvalue weighted by Gasteiger charge is -2.32. The fourth-order valence-electron chi connectivity index (χ4n) is 2.58. The summed E-state index contributed by atoms with van der Waals surface area (Å²) >= 11 is 0. The number of hydrogen-bond donors (Lipinski definition) is 1. The summed E-state index contributed by atoms with van der Waals surface area (Å²) in [6.07, 6.45) is 5.82. The van der Waals surface area contributed by atoms with Gasteiger partial charge in [0.1, 0.15) is 0 Å². The van der Waals surface area contributed by atoms with Crippen molar-refractivity contribution in [2.24, 2.45) is 0 Å². The predicted octanol–water partition coefficient (Wildman–Crippen LogP) is 0.472. The maximum Gasteiger partial charge on any atom is 0.242 e. The number of carbonyl (C=O) groups excluding carboxylic acids is 2. The van der Waals surface area contributed by atoms with Gasteiger partial charge in [-0.3, -0.25) is 9.59 Å². The largest absolute Gasteiger partial charge is 0.383 e. The molecule has 0 aromatic heterocycles. The Balaban J connectivity index is 2.29. The van der Waals surface area contributed by atoms with Gasteiger partial charge in [0.25, 0.3) is 0 Å². The molecule has 0 saturated heterocycles. The highest BCUT2D eigenvalue weighted by molar-refractivity contribution is 5.85. The van der Waals surface area contributed by atoms with Crippen LogP contribution in [0.4, 0.5) is 0 Å². The highest BCUT2D eigenvalue weighted by Crippen LogP contribution is 2.21. The Morgan fingerprint density at radius 1 is 1.14 bits per heavy atom. The summed E-state index contributed by atoms with van der Waals surface area (Å²) in [5, 5.41) is 2.99. The Bertz CT molecular complexity index is 330. The average Bonchev–Trinajstić information content (AvgIpc) is 2.51. The van der Waals surface area contributed by atoms with Gasteiger partial charge in [0.05, 0.1) is 19.7 Å². The fraction of sp³-hybridized carbons (Fsp3) is 0.867. The van der Waals surface area contributed by atoms with E-state index in [0.717, 1.165) is 12.8 Å². The Labute approximate surface area is 127 Å². The van der Waals surface area contributed by atoms with E-state index in [-0.39, 0.29) is 24.9 Å².